The molecule has 2 saturated heterocycles. The summed E-state index contributed by atoms with van der Waals surface area (Å²) in [5.74, 6) is 0.657. The van der Waals surface area contributed by atoms with Crippen LogP contribution in [0.25, 0.3) is 0 Å². The highest BCUT2D eigenvalue weighted by molar-refractivity contribution is 7.07. The van der Waals surface area contributed by atoms with Crippen LogP contribution in [-0.2, 0) is 9.47 Å². The Morgan fingerprint density at radius 1 is 1.53 bits per heavy atom. The average Bonchev–Trinajstić information content (AvgIpc) is 3.08. The van der Waals surface area contributed by atoms with Gasteiger partial charge in [-0.05, 0) is 47.7 Å². The molecule has 3 atom stereocenters. The first kappa shape index (κ1) is 13.6. The summed E-state index contributed by atoms with van der Waals surface area (Å²) in [7, 11) is 0. The van der Waals surface area contributed by atoms with Crippen LogP contribution in [0.3, 0.4) is 0 Å². The summed E-state index contributed by atoms with van der Waals surface area (Å²) in [5.41, 5.74) is 1.44. The zero-order valence-electron chi connectivity index (χ0n) is 11.6. The Morgan fingerprint density at radius 2 is 2.47 bits per heavy atom. The van der Waals surface area contributed by atoms with Crippen LogP contribution in [0.1, 0.15) is 37.8 Å². The van der Waals surface area contributed by atoms with E-state index in [1.54, 1.807) is 11.3 Å². The van der Waals surface area contributed by atoms with Crippen molar-refractivity contribution in [2.75, 3.05) is 26.4 Å². The molecule has 0 aromatic carbocycles. The Kier molecular flexibility index (Phi) is 4.22. The van der Waals surface area contributed by atoms with Gasteiger partial charge in [0.25, 0.3) is 0 Å². The van der Waals surface area contributed by atoms with E-state index in [2.05, 4.69) is 29.1 Å². The summed E-state index contributed by atoms with van der Waals surface area (Å²) in [5, 5.41) is 8.12. The van der Waals surface area contributed by atoms with E-state index in [1.807, 2.05) is 0 Å². The van der Waals surface area contributed by atoms with Crippen LogP contribution in [-0.4, -0.2) is 32.0 Å². The van der Waals surface area contributed by atoms with Gasteiger partial charge in [-0.2, -0.15) is 11.3 Å². The van der Waals surface area contributed by atoms with Crippen molar-refractivity contribution in [2.24, 2.45) is 5.92 Å². The summed E-state index contributed by atoms with van der Waals surface area (Å²) >= 11 is 1.79. The molecule has 0 bridgehead atoms. The average molecular weight is 281 g/mol. The molecule has 2 aliphatic heterocycles. The van der Waals surface area contributed by atoms with Crippen molar-refractivity contribution in [3.63, 3.8) is 0 Å². The second-order valence-corrected chi connectivity index (χ2v) is 6.46. The first-order valence-electron chi connectivity index (χ1n) is 7.30. The molecule has 3 heterocycles. The fraction of sp³-hybridized carbons (Fsp3) is 0.733. The van der Waals surface area contributed by atoms with Crippen molar-refractivity contribution in [3.8, 4) is 0 Å². The number of nitrogens with one attached hydrogen (secondary N) is 1. The lowest BCUT2D eigenvalue weighted by atomic mass is 9.79. The Labute approximate surface area is 119 Å². The van der Waals surface area contributed by atoms with Crippen LogP contribution in [0.4, 0.5) is 0 Å². The molecule has 2 fully saturated rings. The third kappa shape index (κ3) is 2.87. The lowest BCUT2D eigenvalue weighted by Gasteiger charge is -2.40. The minimum absolute atomic E-state index is 0.00656. The van der Waals surface area contributed by atoms with Crippen molar-refractivity contribution in [1.29, 1.82) is 0 Å². The van der Waals surface area contributed by atoms with Gasteiger partial charge in [0, 0.05) is 25.7 Å². The normalized spacial score (nSPS) is 32.8. The van der Waals surface area contributed by atoms with E-state index < -0.39 is 0 Å². The SMILES string of the molecule is CCNC(c1ccsc1)C1CCOC2(CCOC2)C1. The molecule has 1 N–H and O–H groups in total. The van der Waals surface area contributed by atoms with Gasteiger partial charge < -0.3 is 14.8 Å². The van der Waals surface area contributed by atoms with Crippen LogP contribution in [0.15, 0.2) is 16.8 Å². The largest absolute Gasteiger partial charge is 0.378 e. The molecule has 3 unspecified atom stereocenters. The predicted molar refractivity (Wildman–Crippen MR) is 77.6 cm³/mol. The molecule has 3 rings (SSSR count). The van der Waals surface area contributed by atoms with Crippen LogP contribution in [0, 0.1) is 5.92 Å². The zero-order chi connectivity index (χ0) is 13.1. The standard InChI is InChI=1S/C15H23NO2S/c1-2-16-14(13-4-8-19-10-13)12-3-6-18-15(9-12)5-7-17-11-15/h4,8,10,12,14,16H,2-3,5-7,9,11H2,1H3. The van der Waals surface area contributed by atoms with Crippen LogP contribution in [0.5, 0.6) is 0 Å². The van der Waals surface area contributed by atoms with Gasteiger partial charge in [-0.25, -0.2) is 0 Å². The van der Waals surface area contributed by atoms with E-state index in [-0.39, 0.29) is 5.60 Å². The number of rotatable bonds is 4. The smallest absolute Gasteiger partial charge is 0.0940 e. The molecular formula is C15H23NO2S. The molecule has 0 radical (unpaired) electrons. The lowest BCUT2D eigenvalue weighted by Crippen LogP contribution is -2.44. The van der Waals surface area contributed by atoms with Gasteiger partial charge in [0.15, 0.2) is 0 Å². The zero-order valence-corrected chi connectivity index (χ0v) is 12.4. The summed E-state index contributed by atoms with van der Waals surface area (Å²) in [4.78, 5) is 0. The summed E-state index contributed by atoms with van der Waals surface area (Å²) in [6, 6.07) is 2.73. The van der Waals surface area contributed by atoms with E-state index in [9.17, 15) is 0 Å². The van der Waals surface area contributed by atoms with Gasteiger partial charge >= 0.3 is 0 Å². The van der Waals surface area contributed by atoms with Gasteiger partial charge in [0.1, 0.15) is 0 Å². The fourth-order valence-electron chi connectivity index (χ4n) is 3.44. The minimum atomic E-state index is 0.00656. The van der Waals surface area contributed by atoms with Gasteiger partial charge in [0.2, 0.25) is 0 Å². The van der Waals surface area contributed by atoms with Gasteiger partial charge in [-0.3, -0.25) is 0 Å². The van der Waals surface area contributed by atoms with Crippen molar-refractivity contribution in [3.05, 3.63) is 22.4 Å². The number of hydrogen-bond acceptors (Lipinski definition) is 4. The molecule has 1 aromatic rings. The third-order valence-electron chi connectivity index (χ3n) is 4.40. The number of ether oxygens (including phenoxy) is 2. The molecule has 19 heavy (non-hydrogen) atoms. The summed E-state index contributed by atoms with van der Waals surface area (Å²) in [6.45, 7) is 5.72. The molecule has 0 aliphatic carbocycles. The Hall–Kier alpha value is -0.420. The second kappa shape index (κ2) is 5.92. The van der Waals surface area contributed by atoms with Crippen molar-refractivity contribution >= 4 is 11.3 Å². The van der Waals surface area contributed by atoms with E-state index in [1.165, 1.54) is 5.56 Å². The van der Waals surface area contributed by atoms with Gasteiger partial charge in [-0.1, -0.05) is 6.92 Å². The van der Waals surface area contributed by atoms with Crippen molar-refractivity contribution in [1.82, 2.24) is 5.32 Å². The molecule has 0 saturated carbocycles. The Balaban J connectivity index is 1.74. The molecule has 0 amide bonds. The highest BCUT2D eigenvalue weighted by Crippen LogP contribution is 2.41. The van der Waals surface area contributed by atoms with Crippen LogP contribution in [0.2, 0.25) is 0 Å². The third-order valence-corrected chi connectivity index (χ3v) is 5.10. The van der Waals surface area contributed by atoms with Crippen molar-refractivity contribution < 1.29 is 9.47 Å². The van der Waals surface area contributed by atoms with E-state index in [4.69, 9.17) is 9.47 Å². The van der Waals surface area contributed by atoms with Crippen LogP contribution >= 0.6 is 11.3 Å². The second-order valence-electron chi connectivity index (χ2n) is 5.68. The molecule has 3 nitrogen and oxygen atoms in total. The fourth-order valence-corrected chi connectivity index (χ4v) is 4.14. The predicted octanol–water partition coefficient (Wildman–Crippen LogP) is 2.98. The van der Waals surface area contributed by atoms with E-state index in [0.29, 0.717) is 12.0 Å². The minimum Gasteiger partial charge on any atom is -0.378 e. The maximum Gasteiger partial charge on any atom is 0.0940 e. The highest BCUT2D eigenvalue weighted by Gasteiger charge is 2.43. The number of thiophene rings is 1. The number of hydrogen-bond donors (Lipinski definition) is 1. The topological polar surface area (TPSA) is 30.5 Å². The molecule has 4 heteroatoms. The quantitative estimate of drug-likeness (QED) is 0.920. The summed E-state index contributed by atoms with van der Waals surface area (Å²) in [6.07, 6.45) is 3.34. The van der Waals surface area contributed by atoms with Crippen molar-refractivity contribution in [2.45, 2.75) is 37.8 Å². The molecule has 1 aromatic heterocycles. The first-order valence-corrected chi connectivity index (χ1v) is 8.24. The van der Waals surface area contributed by atoms with E-state index in [0.717, 1.165) is 45.6 Å². The first-order chi connectivity index (χ1) is 9.33. The summed E-state index contributed by atoms with van der Waals surface area (Å²) < 4.78 is 11.6. The molecule has 106 valence electrons. The van der Waals surface area contributed by atoms with Gasteiger partial charge in [0.05, 0.1) is 12.2 Å². The maximum absolute atomic E-state index is 6.05. The molecular weight excluding hydrogens is 258 g/mol. The van der Waals surface area contributed by atoms with E-state index >= 15 is 0 Å². The Morgan fingerprint density at radius 3 is 3.16 bits per heavy atom. The maximum atomic E-state index is 6.05. The van der Waals surface area contributed by atoms with Gasteiger partial charge in [-0.15, -0.1) is 0 Å². The van der Waals surface area contributed by atoms with Crippen LogP contribution < -0.4 is 5.32 Å². The lowest BCUT2D eigenvalue weighted by molar-refractivity contribution is -0.103. The monoisotopic (exact) mass is 281 g/mol. The highest BCUT2D eigenvalue weighted by atomic mass is 32.1. The Bertz CT molecular complexity index is 387. The molecule has 1 spiro atoms. The molecule has 2 aliphatic rings.